The molecule has 0 aliphatic heterocycles. The highest BCUT2D eigenvalue weighted by molar-refractivity contribution is 5.07. The minimum atomic E-state index is -0.394. The third-order valence-electron chi connectivity index (χ3n) is 2.63. The fraction of sp³-hybridized carbons (Fsp3) is 0.636. The van der Waals surface area contributed by atoms with Crippen LogP contribution >= 0.6 is 0 Å². The second-order valence-corrected chi connectivity index (χ2v) is 3.98. The van der Waals surface area contributed by atoms with Crippen LogP contribution < -0.4 is 0 Å². The number of aliphatic hydroxyl groups excluding tert-OH is 1. The van der Waals surface area contributed by atoms with Crippen LogP contribution in [-0.4, -0.2) is 5.11 Å². The van der Waals surface area contributed by atoms with E-state index in [4.69, 9.17) is 4.42 Å². The summed E-state index contributed by atoms with van der Waals surface area (Å²) >= 11 is 0. The molecule has 1 aromatic rings. The Morgan fingerprint density at radius 2 is 2.31 bits per heavy atom. The topological polar surface area (TPSA) is 33.4 Å². The Kier molecular flexibility index (Phi) is 2.40. The molecule has 2 heteroatoms. The van der Waals surface area contributed by atoms with E-state index in [-0.39, 0.29) is 0 Å². The zero-order valence-electron chi connectivity index (χ0n) is 7.99. The first-order valence-electron chi connectivity index (χ1n) is 5.00. The molecule has 1 aliphatic carbocycles. The van der Waals surface area contributed by atoms with E-state index >= 15 is 0 Å². The van der Waals surface area contributed by atoms with Gasteiger partial charge in [0.1, 0.15) is 17.6 Å². The van der Waals surface area contributed by atoms with E-state index in [0.717, 1.165) is 30.3 Å². The first-order chi connectivity index (χ1) is 6.25. The highest BCUT2D eigenvalue weighted by Crippen LogP contribution is 2.35. The summed E-state index contributed by atoms with van der Waals surface area (Å²) in [5, 5.41) is 9.72. The molecule has 1 aromatic heterocycles. The van der Waals surface area contributed by atoms with E-state index in [0.29, 0.717) is 0 Å². The average Bonchev–Trinajstić information content (AvgIpc) is 2.84. The summed E-state index contributed by atoms with van der Waals surface area (Å²) in [6.07, 6.45) is 4.29. The lowest BCUT2D eigenvalue weighted by Gasteiger charge is -2.06. The van der Waals surface area contributed by atoms with Gasteiger partial charge in [-0.1, -0.05) is 12.8 Å². The Bertz CT molecular complexity index is 273. The monoisotopic (exact) mass is 180 g/mol. The molecule has 2 nitrogen and oxygen atoms in total. The van der Waals surface area contributed by atoms with E-state index in [1.807, 2.05) is 19.1 Å². The number of furan rings is 1. The van der Waals surface area contributed by atoms with Crippen molar-refractivity contribution in [3.05, 3.63) is 23.7 Å². The summed E-state index contributed by atoms with van der Waals surface area (Å²) in [6, 6.07) is 3.77. The predicted octanol–water partition coefficient (Wildman–Crippen LogP) is 2.81. The van der Waals surface area contributed by atoms with Crippen molar-refractivity contribution in [2.75, 3.05) is 0 Å². The van der Waals surface area contributed by atoms with Gasteiger partial charge in [-0.3, -0.25) is 0 Å². The van der Waals surface area contributed by atoms with E-state index < -0.39 is 6.10 Å². The van der Waals surface area contributed by atoms with E-state index in [1.165, 1.54) is 12.8 Å². The molecule has 72 valence electrons. The lowest BCUT2D eigenvalue weighted by atomic mass is 10.1. The second kappa shape index (κ2) is 3.54. The molecular weight excluding hydrogens is 164 g/mol. The summed E-state index contributed by atoms with van der Waals surface area (Å²) in [4.78, 5) is 0. The van der Waals surface area contributed by atoms with Crippen molar-refractivity contribution in [2.45, 2.75) is 38.7 Å². The number of hydrogen-bond acceptors (Lipinski definition) is 2. The highest BCUT2D eigenvalue weighted by Gasteiger charge is 2.23. The van der Waals surface area contributed by atoms with Gasteiger partial charge in [0, 0.05) is 0 Å². The van der Waals surface area contributed by atoms with Crippen LogP contribution in [0.2, 0.25) is 0 Å². The Balaban J connectivity index is 1.84. The van der Waals surface area contributed by atoms with Crippen molar-refractivity contribution >= 4 is 0 Å². The molecule has 0 spiro atoms. The summed E-state index contributed by atoms with van der Waals surface area (Å²) in [6.45, 7) is 1.90. The molecule has 1 atom stereocenters. The van der Waals surface area contributed by atoms with Crippen LogP contribution in [-0.2, 0) is 0 Å². The van der Waals surface area contributed by atoms with Gasteiger partial charge in [-0.25, -0.2) is 0 Å². The van der Waals surface area contributed by atoms with Gasteiger partial charge in [0.15, 0.2) is 0 Å². The smallest absolute Gasteiger partial charge is 0.132 e. The van der Waals surface area contributed by atoms with Gasteiger partial charge in [-0.15, -0.1) is 0 Å². The Labute approximate surface area is 78.6 Å². The standard InChI is InChI=1S/C11H16O2/c1-8-2-7-11(13-8)10(12)6-5-9-3-4-9/h2,7,9-10,12H,3-6H2,1H3. The lowest BCUT2D eigenvalue weighted by molar-refractivity contribution is 0.134. The molecule has 2 rings (SSSR count). The largest absolute Gasteiger partial charge is 0.464 e. The van der Waals surface area contributed by atoms with Crippen molar-refractivity contribution in [3.8, 4) is 0 Å². The molecule has 13 heavy (non-hydrogen) atoms. The van der Waals surface area contributed by atoms with Crippen LogP contribution in [0, 0.1) is 12.8 Å². The molecule has 0 radical (unpaired) electrons. The van der Waals surface area contributed by atoms with E-state index in [9.17, 15) is 5.11 Å². The first kappa shape index (κ1) is 8.82. The van der Waals surface area contributed by atoms with Crippen molar-refractivity contribution in [2.24, 2.45) is 5.92 Å². The first-order valence-corrected chi connectivity index (χ1v) is 5.00. The summed E-state index contributed by atoms with van der Waals surface area (Å²) in [7, 11) is 0. The van der Waals surface area contributed by atoms with E-state index in [2.05, 4.69) is 0 Å². The second-order valence-electron chi connectivity index (χ2n) is 3.98. The zero-order valence-corrected chi connectivity index (χ0v) is 7.99. The predicted molar refractivity (Wildman–Crippen MR) is 50.4 cm³/mol. The molecule has 1 fully saturated rings. The summed E-state index contributed by atoms with van der Waals surface area (Å²) in [5.74, 6) is 2.48. The third-order valence-corrected chi connectivity index (χ3v) is 2.63. The van der Waals surface area contributed by atoms with Gasteiger partial charge < -0.3 is 9.52 Å². The molecule has 0 amide bonds. The van der Waals surface area contributed by atoms with Gasteiger partial charge in [-0.05, 0) is 37.8 Å². The van der Waals surface area contributed by atoms with Gasteiger partial charge in [0.25, 0.3) is 0 Å². The van der Waals surface area contributed by atoms with Crippen molar-refractivity contribution in [3.63, 3.8) is 0 Å². The van der Waals surface area contributed by atoms with E-state index in [1.54, 1.807) is 0 Å². The van der Waals surface area contributed by atoms with Crippen LogP contribution in [0.25, 0.3) is 0 Å². The number of aliphatic hydroxyl groups is 1. The average molecular weight is 180 g/mol. The van der Waals surface area contributed by atoms with Gasteiger partial charge in [0.2, 0.25) is 0 Å². The number of hydrogen-bond donors (Lipinski definition) is 1. The summed E-state index contributed by atoms with van der Waals surface area (Å²) < 4.78 is 5.35. The van der Waals surface area contributed by atoms with Gasteiger partial charge >= 0.3 is 0 Å². The fourth-order valence-corrected chi connectivity index (χ4v) is 1.57. The zero-order chi connectivity index (χ0) is 9.26. The van der Waals surface area contributed by atoms with Crippen molar-refractivity contribution < 1.29 is 9.52 Å². The molecule has 0 saturated heterocycles. The Hall–Kier alpha value is -0.760. The molecular formula is C11H16O2. The highest BCUT2D eigenvalue weighted by atomic mass is 16.4. The molecule has 1 N–H and O–H groups in total. The molecule has 0 aromatic carbocycles. The molecule has 1 saturated carbocycles. The van der Waals surface area contributed by atoms with Crippen LogP contribution in [0.5, 0.6) is 0 Å². The maximum atomic E-state index is 9.72. The third kappa shape index (κ3) is 2.34. The molecule has 1 aliphatic rings. The minimum absolute atomic E-state index is 0.394. The molecule has 1 heterocycles. The van der Waals surface area contributed by atoms with Gasteiger partial charge in [-0.2, -0.15) is 0 Å². The molecule has 0 bridgehead atoms. The number of aryl methyl sites for hydroxylation is 1. The van der Waals surface area contributed by atoms with Gasteiger partial charge in [0.05, 0.1) is 0 Å². The van der Waals surface area contributed by atoms with Crippen LogP contribution in [0.1, 0.15) is 43.3 Å². The SMILES string of the molecule is Cc1ccc(C(O)CCC2CC2)o1. The minimum Gasteiger partial charge on any atom is -0.464 e. The van der Waals surface area contributed by atoms with Crippen molar-refractivity contribution in [1.82, 2.24) is 0 Å². The Morgan fingerprint density at radius 1 is 1.54 bits per heavy atom. The summed E-state index contributed by atoms with van der Waals surface area (Å²) in [5.41, 5.74) is 0. The van der Waals surface area contributed by atoms with Crippen LogP contribution in [0.4, 0.5) is 0 Å². The normalized spacial score (nSPS) is 18.9. The van der Waals surface area contributed by atoms with Crippen LogP contribution in [0.15, 0.2) is 16.5 Å². The maximum absolute atomic E-state index is 9.72. The number of rotatable bonds is 4. The van der Waals surface area contributed by atoms with Crippen molar-refractivity contribution in [1.29, 1.82) is 0 Å². The lowest BCUT2D eigenvalue weighted by Crippen LogP contribution is -1.95. The quantitative estimate of drug-likeness (QED) is 0.772. The molecule has 1 unspecified atom stereocenters. The fourth-order valence-electron chi connectivity index (χ4n) is 1.57. The Morgan fingerprint density at radius 3 is 2.85 bits per heavy atom. The maximum Gasteiger partial charge on any atom is 0.132 e. The van der Waals surface area contributed by atoms with Crippen LogP contribution in [0.3, 0.4) is 0 Å².